The number of amides is 1. The van der Waals surface area contributed by atoms with E-state index in [0.29, 0.717) is 42.4 Å². The summed E-state index contributed by atoms with van der Waals surface area (Å²) in [7, 11) is 0. The van der Waals surface area contributed by atoms with Crippen molar-refractivity contribution in [3.05, 3.63) is 59.7 Å². The summed E-state index contributed by atoms with van der Waals surface area (Å²) in [5.41, 5.74) is 1.29. The highest BCUT2D eigenvalue weighted by atomic mass is 16.6. The predicted octanol–water partition coefficient (Wildman–Crippen LogP) is 3.53. The Bertz CT molecular complexity index is 744. The van der Waals surface area contributed by atoms with Gasteiger partial charge in [-0.2, -0.15) is 0 Å². The van der Waals surface area contributed by atoms with Gasteiger partial charge in [-0.05, 0) is 44.2 Å². The number of nitrogens with one attached hydrogen (secondary N) is 1. The molecular formula is C20H23NO5. The Morgan fingerprint density at radius 2 is 1.77 bits per heavy atom. The minimum Gasteiger partial charge on any atom is -0.493 e. The Labute approximate surface area is 153 Å². The fourth-order valence-electron chi connectivity index (χ4n) is 2.28. The van der Waals surface area contributed by atoms with Gasteiger partial charge in [0.05, 0.1) is 24.3 Å². The molecule has 0 aliphatic rings. The number of rotatable bonds is 9. The van der Waals surface area contributed by atoms with Gasteiger partial charge in [0.25, 0.3) is 5.91 Å². The van der Waals surface area contributed by atoms with Gasteiger partial charge in [0, 0.05) is 12.3 Å². The number of ether oxygens (including phenoxy) is 3. The molecule has 0 aromatic heterocycles. The molecular weight excluding hydrogens is 334 g/mol. The first-order valence-corrected chi connectivity index (χ1v) is 8.53. The molecule has 1 amide bonds. The zero-order valence-corrected chi connectivity index (χ0v) is 15.0. The van der Waals surface area contributed by atoms with Crippen LogP contribution in [0.5, 0.6) is 5.75 Å². The molecule has 1 N–H and O–H groups in total. The van der Waals surface area contributed by atoms with E-state index in [1.54, 1.807) is 48.5 Å². The standard InChI is InChI=1S/C20H23NO5/c1-3-24-12-13-26-20(23)15-8-7-9-16(14-15)21-19(22)17-10-5-6-11-18(17)25-4-2/h5-11,14H,3-4,12-13H2,1-2H3,(H,21,22). The number of benzene rings is 2. The molecule has 2 aromatic rings. The number of esters is 1. The topological polar surface area (TPSA) is 73.9 Å². The third kappa shape index (κ3) is 5.60. The van der Waals surface area contributed by atoms with E-state index in [1.165, 1.54) is 0 Å². The molecule has 0 aliphatic heterocycles. The average molecular weight is 357 g/mol. The van der Waals surface area contributed by atoms with E-state index in [9.17, 15) is 9.59 Å². The zero-order valence-electron chi connectivity index (χ0n) is 15.0. The summed E-state index contributed by atoms with van der Waals surface area (Å²) in [5, 5.41) is 2.78. The fourth-order valence-corrected chi connectivity index (χ4v) is 2.28. The zero-order chi connectivity index (χ0) is 18.8. The summed E-state index contributed by atoms with van der Waals surface area (Å²) >= 11 is 0. The lowest BCUT2D eigenvalue weighted by molar-refractivity contribution is 0.0335. The van der Waals surface area contributed by atoms with E-state index in [-0.39, 0.29) is 12.5 Å². The molecule has 6 heteroatoms. The summed E-state index contributed by atoms with van der Waals surface area (Å²) in [6.45, 7) is 5.31. The van der Waals surface area contributed by atoms with E-state index in [2.05, 4.69) is 5.32 Å². The van der Waals surface area contributed by atoms with Gasteiger partial charge in [0.2, 0.25) is 0 Å². The number of hydrogen-bond donors (Lipinski definition) is 1. The van der Waals surface area contributed by atoms with Crippen LogP contribution in [0.2, 0.25) is 0 Å². The summed E-state index contributed by atoms with van der Waals surface area (Å²) in [6, 6.07) is 13.6. The fraction of sp³-hybridized carbons (Fsp3) is 0.300. The second-order valence-electron chi connectivity index (χ2n) is 5.30. The van der Waals surface area contributed by atoms with Gasteiger partial charge in [-0.25, -0.2) is 4.79 Å². The van der Waals surface area contributed by atoms with Crippen molar-refractivity contribution in [3.8, 4) is 5.75 Å². The minimum atomic E-state index is -0.462. The van der Waals surface area contributed by atoms with Crippen molar-refractivity contribution >= 4 is 17.6 Å². The number of para-hydroxylation sites is 1. The van der Waals surface area contributed by atoms with Crippen molar-refractivity contribution in [2.75, 3.05) is 31.7 Å². The summed E-state index contributed by atoms with van der Waals surface area (Å²) in [6.07, 6.45) is 0. The lowest BCUT2D eigenvalue weighted by atomic mass is 10.1. The van der Waals surface area contributed by atoms with Crippen molar-refractivity contribution in [1.29, 1.82) is 0 Å². The number of hydrogen-bond acceptors (Lipinski definition) is 5. The maximum Gasteiger partial charge on any atom is 0.338 e. The highest BCUT2D eigenvalue weighted by molar-refractivity contribution is 6.06. The van der Waals surface area contributed by atoms with Gasteiger partial charge in [0.1, 0.15) is 12.4 Å². The molecule has 26 heavy (non-hydrogen) atoms. The van der Waals surface area contributed by atoms with Crippen LogP contribution in [0, 0.1) is 0 Å². The van der Waals surface area contributed by atoms with Crippen molar-refractivity contribution in [3.63, 3.8) is 0 Å². The monoisotopic (exact) mass is 357 g/mol. The van der Waals surface area contributed by atoms with Gasteiger partial charge in [-0.15, -0.1) is 0 Å². The Hall–Kier alpha value is -2.86. The molecule has 0 fully saturated rings. The molecule has 0 saturated heterocycles. The van der Waals surface area contributed by atoms with Crippen molar-refractivity contribution in [2.45, 2.75) is 13.8 Å². The molecule has 0 bridgehead atoms. The number of anilines is 1. The van der Waals surface area contributed by atoms with Crippen molar-refractivity contribution in [2.24, 2.45) is 0 Å². The third-order valence-corrected chi connectivity index (χ3v) is 3.45. The normalized spacial score (nSPS) is 10.2. The van der Waals surface area contributed by atoms with Crippen molar-refractivity contribution in [1.82, 2.24) is 0 Å². The van der Waals surface area contributed by atoms with Crippen LogP contribution in [-0.4, -0.2) is 38.3 Å². The van der Waals surface area contributed by atoms with Gasteiger partial charge < -0.3 is 19.5 Å². The number of carbonyl (C=O) groups excluding carboxylic acids is 2. The van der Waals surface area contributed by atoms with Crippen LogP contribution in [0.4, 0.5) is 5.69 Å². The SMILES string of the molecule is CCOCCOC(=O)c1cccc(NC(=O)c2ccccc2OCC)c1. The van der Waals surface area contributed by atoms with Gasteiger partial charge in [-0.3, -0.25) is 4.79 Å². The Balaban J connectivity index is 2.04. The molecule has 0 radical (unpaired) electrons. The molecule has 0 unspecified atom stereocenters. The molecule has 0 spiro atoms. The van der Waals surface area contributed by atoms with Crippen LogP contribution < -0.4 is 10.1 Å². The maximum absolute atomic E-state index is 12.5. The second-order valence-corrected chi connectivity index (χ2v) is 5.30. The summed E-state index contributed by atoms with van der Waals surface area (Å²) in [5.74, 6) is -0.259. The largest absolute Gasteiger partial charge is 0.493 e. The van der Waals surface area contributed by atoms with Crippen LogP contribution in [0.3, 0.4) is 0 Å². The van der Waals surface area contributed by atoms with Gasteiger partial charge in [0.15, 0.2) is 0 Å². The molecule has 6 nitrogen and oxygen atoms in total. The Morgan fingerprint density at radius 3 is 2.54 bits per heavy atom. The van der Waals surface area contributed by atoms with Crippen molar-refractivity contribution < 1.29 is 23.8 Å². The molecule has 2 aromatic carbocycles. The highest BCUT2D eigenvalue weighted by Gasteiger charge is 2.13. The van der Waals surface area contributed by atoms with E-state index < -0.39 is 5.97 Å². The molecule has 2 rings (SSSR count). The van der Waals surface area contributed by atoms with Crippen LogP contribution in [0.15, 0.2) is 48.5 Å². The summed E-state index contributed by atoms with van der Waals surface area (Å²) < 4.78 is 15.7. The van der Waals surface area contributed by atoms with Crippen LogP contribution in [0.25, 0.3) is 0 Å². The first kappa shape index (κ1) is 19.5. The molecule has 0 heterocycles. The predicted molar refractivity (Wildman–Crippen MR) is 98.8 cm³/mol. The van der Waals surface area contributed by atoms with E-state index in [1.807, 2.05) is 13.8 Å². The molecule has 0 saturated carbocycles. The van der Waals surface area contributed by atoms with E-state index in [4.69, 9.17) is 14.2 Å². The lowest BCUT2D eigenvalue weighted by Gasteiger charge is -2.11. The quantitative estimate of drug-likeness (QED) is 0.549. The molecule has 0 aliphatic carbocycles. The van der Waals surface area contributed by atoms with E-state index in [0.717, 1.165) is 0 Å². The highest BCUT2D eigenvalue weighted by Crippen LogP contribution is 2.20. The lowest BCUT2D eigenvalue weighted by Crippen LogP contribution is -2.15. The maximum atomic E-state index is 12.5. The molecule has 0 atom stereocenters. The minimum absolute atomic E-state index is 0.186. The Kier molecular flexibility index (Phi) is 7.64. The van der Waals surface area contributed by atoms with Crippen LogP contribution in [-0.2, 0) is 9.47 Å². The summed E-state index contributed by atoms with van der Waals surface area (Å²) in [4.78, 5) is 24.6. The smallest absolute Gasteiger partial charge is 0.338 e. The van der Waals surface area contributed by atoms with Gasteiger partial charge in [-0.1, -0.05) is 18.2 Å². The van der Waals surface area contributed by atoms with E-state index >= 15 is 0 Å². The average Bonchev–Trinajstić information content (AvgIpc) is 2.66. The first-order valence-electron chi connectivity index (χ1n) is 8.53. The van der Waals surface area contributed by atoms with Crippen LogP contribution >= 0.6 is 0 Å². The van der Waals surface area contributed by atoms with Crippen LogP contribution in [0.1, 0.15) is 34.6 Å². The third-order valence-electron chi connectivity index (χ3n) is 3.45. The number of carbonyl (C=O) groups is 2. The van der Waals surface area contributed by atoms with Gasteiger partial charge >= 0.3 is 5.97 Å². The molecule has 138 valence electrons. The second kappa shape index (κ2) is 10.2. The first-order chi connectivity index (χ1) is 12.7. The Morgan fingerprint density at radius 1 is 0.962 bits per heavy atom.